The summed E-state index contributed by atoms with van der Waals surface area (Å²) in [5, 5.41) is 0. The lowest BCUT2D eigenvalue weighted by atomic mass is 10.1. The number of alkyl halides is 4. The molecule has 1 aromatic carbocycles. The van der Waals surface area contributed by atoms with E-state index in [1.165, 1.54) is 24.3 Å². The van der Waals surface area contributed by atoms with Crippen molar-refractivity contribution < 1.29 is 19.1 Å². The van der Waals surface area contributed by atoms with E-state index < -0.39 is 18.8 Å². The van der Waals surface area contributed by atoms with Gasteiger partial charge in [-0.2, -0.15) is 0 Å². The largest absolute Gasteiger partial charge is 0.433 e. The van der Waals surface area contributed by atoms with Gasteiger partial charge in [-0.15, -0.1) is 0 Å². The lowest BCUT2D eigenvalue weighted by Crippen LogP contribution is -2.21. The summed E-state index contributed by atoms with van der Waals surface area (Å²) in [5.41, 5.74) is 0.681. The number of benzene rings is 1. The van der Waals surface area contributed by atoms with Crippen LogP contribution in [-0.2, 0) is 9.47 Å². The first-order chi connectivity index (χ1) is 10.1. The fourth-order valence-electron chi connectivity index (χ4n) is 1.28. The Bertz CT molecular complexity index is 491. The van der Waals surface area contributed by atoms with Crippen LogP contribution in [0.3, 0.4) is 0 Å². The van der Waals surface area contributed by atoms with Crippen molar-refractivity contribution in [3.63, 3.8) is 0 Å². The van der Waals surface area contributed by atoms with E-state index in [-0.39, 0.29) is 0 Å². The van der Waals surface area contributed by atoms with Crippen LogP contribution in [-0.4, -0.2) is 18.8 Å². The average Bonchev–Trinajstić information content (AvgIpc) is 2.46. The molecule has 0 aliphatic heterocycles. The Labute approximate surface area is 162 Å². The molecule has 0 amide bonds. The number of carbonyl (C=O) groups excluding carboxylic acids is 2. The van der Waals surface area contributed by atoms with E-state index in [0.29, 0.717) is 24.0 Å². The van der Waals surface area contributed by atoms with Crippen molar-refractivity contribution in [3.05, 3.63) is 35.4 Å². The molecule has 0 heterocycles. The van der Waals surface area contributed by atoms with Crippen LogP contribution in [0.25, 0.3) is 0 Å². The van der Waals surface area contributed by atoms with Crippen molar-refractivity contribution in [1.82, 2.24) is 0 Å². The van der Waals surface area contributed by atoms with Gasteiger partial charge in [0.25, 0.3) is 0 Å². The predicted molar refractivity (Wildman–Crippen MR) is 99.0 cm³/mol. The normalized spacial score (nSPS) is 11.9. The quantitative estimate of drug-likeness (QED) is 0.328. The highest BCUT2D eigenvalue weighted by Crippen LogP contribution is 2.33. The van der Waals surface area contributed by atoms with E-state index >= 15 is 0 Å². The Kier molecular flexibility index (Phi) is 7.56. The van der Waals surface area contributed by atoms with Gasteiger partial charge in [-0.3, -0.25) is 0 Å². The second-order valence-electron chi connectivity index (χ2n) is 4.34. The van der Waals surface area contributed by atoms with Crippen molar-refractivity contribution >= 4 is 75.7 Å². The zero-order valence-corrected chi connectivity index (χ0v) is 18.2. The summed E-state index contributed by atoms with van der Waals surface area (Å²) in [6.07, 6.45) is 1.11. The Morgan fingerprint density at radius 1 is 0.818 bits per heavy atom. The van der Waals surface area contributed by atoms with E-state index in [2.05, 4.69) is 63.7 Å². The van der Waals surface area contributed by atoms with Gasteiger partial charge >= 0.3 is 11.9 Å². The number of carbonyl (C=O) groups is 2. The van der Waals surface area contributed by atoms with E-state index in [1.807, 2.05) is 13.8 Å². The summed E-state index contributed by atoms with van der Waals surface area (Å²) in [5.74, 6) is -1.00. The highest BCUT2D eigenvalue weighted by atomic mass is 79.9. The molecule has 0 saturated heterocycles. The fourth-order valence-corrected chi connectivity index (χ4v) is 1.86. The molecule has 0 radical (unpaired) electrons. The minimum absolute atomic E-state index is 0.340. The third-order valence-electron chi connectivity index (χ3n) is 2.66. The minimum Gasteiger partial charge on any atom is -0.433 e. The number of hydrogen-bond donors (Lipinski definition) is 0. The Balaban J connectivity index is 2.79. The molecule has 0 saturated carbocycles. The number of rotatable bonds is 6. The molecule has 0 aliphatic carbocycles. The SMILES string of the molecule is CCC(Br)(Br)OC(=O)c1ccc(C(=O)OC(Br)(Br)CC)cc1. The van der Waals surface area contributed by atoms with E-state index in [1.54, 1.807) is 0 Å². The van der Waals surface area contributed by atoms with Crippen LogP contribution in [0.4, 0.5) is 0 Å². The maximum Gasteiger partial charge on any atom is 0.340 e. The molecular formula is C14H14Br4O4. The molecule has 4 nitrogen and oxygen atoms in total. The summed E-state index contributed by atoms with van der Waals surface area (Å²) in [6, 6.07) is 6.06. The second-order valence-corrected chi connectivity index (χ2v) is 11.6. The van der Waals surface area contributed by atoms with Gasteiger partial charge in [0, 0.05) is 12.8 Å². The summed E-state index contributed by atoms with van der Waals surface area (Å²) in [7, 11) is 0. The molecule has 122 valence electrons. The standard InChI is InChI=1S/C14H14Br4O4/c1-3-13(15,16)21-11(19)9-5-7-10(8-6-9)12(20)22-14(17,18)4-2/h5-8H,3-4H2,1-2H3. The molecule has 0 aromatic heterocycles. The lowest BCUT2D eigenvalue weighted by Gasteiger charge is -2.20. The molecule has 0 spiro atoms. The maximum atomic E-state index is 12.0. The Morgan fingerprint density at radius 2 is 1.09 bits per heavy atom. The maximum absolute atomic E-state index is 12.0. The summed E-state index contributed by atoms with van der Waals surface area (Å²) in [4.78, 5) is 23.9. The van der Waals surface area contributed by atoms with Gasteiger partial charge in [0.15, 0.2) is 0 Å². The lowest BCUT2D eigenvalue weighted by molar-refractivity contribution is 0.0407. The highest BCUT2D eigenvalue weighted by molar-refractivity contribution is 9.25. The van der Waals surface area contributed by atoms with E-state index in [0.717, 1.165) is 0 Å². The summed E-state index contributed by atoms with van der Waals surface area (Å²) < 4.78 is 8.69. The monoisotopic (exact) mass is 562 g/mol. The third-order valence-corrected chi connectivity index (χ3v) is 5.55. The van der Waals surface area contributed by atoms with Crippen molar-refractivity contribution in [2.75, 3.05) is 0 Å². The first kappa shape index (κ1) is 20.1. The molecule has 0 atom stereocenters. The summed E-state index contributed by atoms with van der Waals surface area (Å²) >= 11 is 13.0. The number of halogens is 4. The molecule has 1 rings (SSSR count). The van der Waals surface area contributed by atoms with E-state index in [4.69, 9.17) is 9.47 Å². The van der Waals surface area contributed by atoms with E-state index in [9.17, 15) is 9.59 Å². The van der Waals surface area contributed by atoms with Gasteiger partial charge in [-0.05, 0) is 88.0 Å². The highest BCUT2D eigenvalue weighted by Gasteiger charge is 2.27. The van der Waals surface area contributed by atoms with Gasteiger partial charge in [-0.1, -0.05) is 13.8 Å². The first-order valence-electron chi connectivity index (χ1n) is 6.42. The van der Waals surface area contributed by atoms with Crippen LogP contribution in [0, 0.1) is 0 Å². The van der Waals surface area contributed by atoms with Crippen molar-refractivity contribution in [2.24, 2.45) is 0 Å². The van der Waals surface area contributed by atoms with Crippen LogP contribution >= 0.6 is 63.7 Å². The van der Waals surface area contributed by atoms with Crippen LogP contribution in [0.5, 0.6) is 0 Å². The number of hydrogen-bond acceptors (Lipinski definition) is 4. The molecule has 0 fully saturated rings. The smallest absolute Gasteiger partial charge is 0.340 e. The van der Waals surface area contributed by atoms with Crippen LogP contribution in [0.1, 0.15) is 47.4 Å². The molecule has 0 unspecified atom stereocenters. The molecule has 0 aliphatic rings. The summed E-state index contributed by atoms with van der Waals surface area (Å²) in [6.45, 7) is 3.72. The van der Waals surface area contributed by atoms with Gasteiger partial charge in [0.2, 0.25) is 6.84 Å². The molecule has 1 aromatic rings. The van der Waals surface area contributed by atoms with Crippen LogP contribution < -0.4 is 0 Å². The van der Waals surface area contributed by atoms with Crippen molar-refractivity contribution in [3.8, 4) is 0 Å². The minimum atomic E-state index is -0.888. The van der Waals surface area contributed by atoms with Crippen molar-refractivity contribution in [2.45, 2.75) is 33.5 Å². The first-order valence-corrected chi connectivity index (χ1v) is 9.60. The Morgan fingerprint density at radius 3 is 1.32 bits per heavy atom. The molecule has 0 N–H and O–H groups in total. The Hall–Kier alpha value is 0.0800. The van der Waals surface area contributed by atoms with Crippen molar-refractivity contribution in [1.29, 1.82) is 0 Å². The fraction of sp³-hybridized carbons (Fsp3) is 0.429. The third kappa shape index (κ3) is 6.29. The average molecular weight is 566 g/mol. The number of esters is 2. The zero-order chi connectivity index (χ0) is 17.0. The van der Waals surface area contributed by atoms with Gasteiger partial charge in [0.05, 0.1) is 11.1 Å². The zero-order valence-electron chi connectivity index (χ0n) is 11.9. The van der Waals surface area contributed by atoms with Gasteiger partial charge in [-0.25, -0.2) is 9.59 Å². The number of ether oxygens (including phenoxy) is 2. The second kappa shape index (κ2) is 8.26. The van der Waals surface area contributed by atoms with Crippen LogP contribution in [0.2, 0.25) is 0 Å². The van der Waals surface area contributed by atoms with Gasteiger partial charge in [0.1, 0.15) is 0 Å². The van der Waals surface area contributed by atoms with Gasteiger partial charge < -0.3 is 9.47 Å². The molecule has 8 heteroatoms. The molecular weight excluding hydrogens is 552 g/mol. The molecule has 22 heavy (non-hydrogen) atoms. The molecule has 0 bridgehead atoms. The van der Waals surface area contributed by atoms with Crippen LogP contribution in [0.15, 0.2) is 24.3 Å². The topological polar surface area (TPSA) is 52.6 Å². The predicted octanol–water partition coefficient (Wildman–Crippen LogP) is 5.71.